The molecule has 0 atom stereocenters. The maximum Gasteiger partial charge on any atom is 0.371 e. The first-order chi connectivity index (χ1) is 17.7. The fourth-order valence-electron chi connectivity index (χ4n) is 3.15. The van der Waals surface area contributed by atoms with Gasteiger partial charge in [0, 0.05) is 39.5 Å². The molecule has 1 heterocycles. The van der Waals surface area contributed by atoms with Gasteiger partial charge >= 0.3 is 5.97 Å². The number of methoxy groups -OCH3 is 1. The second-order valence-corrected chi connectivity index (χ2v) is 9.64. The Labute approximate surface area is 219 Å². The molecule has 0 unspecified atom stereocenters. The lowest BCUT2D eigenvalue weighted by molar-refractivity contribution is -0.135. The molecular weight excluding hydrogens is 529 g/mol. The molecule has 0 fully saturated rings. The van der Waals surface area contributed by atoms with E-state index in [1.807, 2.05) is 6.92 Å². The highest BCUT2D eigenvalue weighted by Crippen LogP contribution is 2.29. The van der Waals surface area contributed by atoms with Crippen molar-refractivity contribution in [2.45, 2.75) is 13.5 Å². The smallest absolute Gasteiger partial charge is 0.371 e. The van der Waals surface area contributed by atoms with E-state index in [1.165, 1.54) is 0 Å². The quantitative estimate of drug-likeness (QED) is 0.166. The minimum atomic E-state index is -1.51. The number of nitrogens with zero attached hydrogens (tertiary/aromatic N) is 1. The van der Waals surface area contributed by atoms with Crippen LogP contribution in [0.15, 0.2) is 41.5 Å². The van der Waals surface area contributed by atoms with Gasteiger partial charge in [-0.3, -0.25) is 10.1 Å². The number of nitrogens with one attached hydrogen (secondary N) is 1. The van der Waals surface area contributed by atoms with Crippen LogP contribution in [0, 0.1) is 17.5 Å². The largest absolute Gasteiger partial charge is 0.490 e. The Bertz CT molecular complexity index is 1290. The van der Waals surface area contributed by atoms with Gasteiger partial charge in [-0.05, 0) is 24.0 Å². The minimum absolute atomic E-state index is 0.0926. The number of carbonyl (C=O) groups is 2. The fraction of sp³-hybridized carbons (Fsp3) is 0.240. The first kappa shape index (κ1) is 28.2. The van der Waals surface area contributed by atoms with Gasteiger partial charge in [0.05, 0.1) is 26.0 Å². The van der Waals surface area contributed by atoms with Crippen LogP contribution in [0.5, 0.6) is 0 Å². The third-order valence-electron chi connectivity index (χ3n) is 4.96. The van der Waals surface area contributed by atoms with Crippen molar-refractivity contribution in [3.8, 4) is 11.3 Å². The maximum atomic E-state index is 15.0. The second-order valence-electron chi connectivity index (χ2n) is 7.39. The highest BCUT2D eigenvalue weighted by molar-refractivity contribution is 7.99. The lowest BCUT2D eigenvalue weighted by Crippen LogP contribution is -2.13. The summed E-state index contributed by atoms with van der Waals surface area (Å²) < 4.78 is 54.0. The zero-order valence-corrected chi connectivity index (χ0v) is 21.5. The summed E-state index contributed by atoms with van der Waals surface area (Å²) in [5.41, 5.74) is -0.154. The van der Waals surface area contributed by atoms with Gasteiger partial charge in [-0.25, -0.2) is 22.9 Å². The molecule has 37 heavy (non-hydrogen) atoms. The van der Waals surface area contributed by atoms with Crippen LogP contribution in [0.2, 0.25) is 0 Å². The van der Waals surface area contributed by atoms with E-state index in [4.69, 9.17) is 9.84 Å². The molecule has 0 aliphatic carbocycles. The molecule has 0 aliphatic rings. The van der Waals surface area contributed by atoms with E-state index in [0.717, 1.165) is 42.1 Å². The molecule has 0 saturated carbocycles. The molecule has 3 rings (SSSR count). The zero-order chi connectivity index (χ0) is 26.9. The Morgan fingerprint density at radius 1 is 1.22 bits per heavy atom. The number of benzene rings is 2. The summed E-state index contributed by atoms with van der Waals surface area (Å²) >= 11 is 2.74. The lowest BCUT2D eigenvalue weighted by Gasteiger charge is -2.08. The molecule has 0 spiro atoms. The number of aromatic nitrogens is 1. The van der Waals surface area contributed by atoms with Crippen molar-refractivity contribution < 1.29 is 37.3 Å². The molecule has 196 valence electrons. The standard InChI is InChI=1S/C25H23F3N2O5S2/c1-3-36-8-7-35-12-14-5-4-6-16(22(14)28)20-13-37-25(29-20)30-23(31)15-9-18(26)17(19(27)10-15)11-21(34-2)24(32)33/h4-6,9-11,13H,3,7-8,12H2,1-2H3,(H,32,33)(H,29,30,31)/b21-11-. The van der Waals surface area contributed by atoms with Gasteiger partial charge in [0.1, 0.15) is 17.5 Å². The predicted molar refractivity (Wildman–Crippen MR) is 137 cm³/mol. The Morgan fingerprint density at radius 2 is 1.95 bits per heavy atom. The molecule has 2 N–H and O–H groups in total. The normalized spacial score (nSPS) is 11.4. The van der Waals surface area contributed by atoms with Gasteiger partial charge in [-0.1, -0.05) is 19.1 Å². The van der Waals surface area contributed by atoms with E-state index >= 15 is 4.39 Å². The number of amides is 1. The van der Waals surface area contributed by atoms with Crippen LogP contribution < -0.4 is 5.32 Å². The van der Waals surface area contributed by atoms with Gasteiger partial charge in [0.2, 0.25) is 5.76 Å². The topological polar surface area (TPSA) is 97.8 Å². The summed E-state index contributed by atoms with van der Waals surface area (Å²) in [7, 11) is 1.05. The van der Waals surface area contributed by atoms with E-state index < -0.39 is 40.7 Å². The maximum absolute atomic E-state index is 15.0. The first-order valence-electron chi connectivity index (χ1n) is 10.9. The fourth-order valence-corrected chi connectivity index (χ4v) is 4.38. The van der Waals surface area contributed by atoms with Crippen LogP contribution in [0.4, 0.5) is 18.3 Å². The number of carboxylic acid groups (broad SMARTS) is 1. The van der Waals surface area contributed by atoms with Crippen molar-refractivity contribution in [2.75, 3.05) is 30.5 Å². The highest BCUT2D eigenvalue weighted by atomic mass is 32.2. The molecule has 1 amide bonds. The van der Waals surface area contributed by atoms with E-state index in [1.54, 1.807) is 35.3 Å². The number of rotatable bonds is 12. The molecule has 2 aromatic carbocycles. The number of halogens is 3. The van der Waals surface area contributed by atoms with Crippen molar-refractivity contribution in [1.82, 2.24) is 4.98 Å². The average molecular weight is 553 g/mol. The van der Waals surface area contributed by atoms with Gasteiger partial charge in [0.15, 0.2) is 5.13 Å². The van der Waals surface area contributed by atoms with Crippen LogP contribution in [-0.4, -0.2) is 47.2 Å². The molecule has 0 aliphatic heterocycles. The van der Waals surface area contributed by atoms with Crippen LogP contribution in [-0.2, 0) is 20.9 Å². The van der Waals surface area contributed by atoms with Crippen molar-refractivity contribution in [1.29, 1.82) is 0 Å². The molecule has 1 aromatic heterocycles. The number of anilines is 1. The van der Waals surface area contributed by atoms with Crippen LogP contribution in [0.3, 0.4) is 0 Å². The van der Waals surface area contributed by atoms with Crippen LogP contribution >= 0.6 is 23.1 Å². The van der Waals surface area contributed by atoms with E-state index in [9.17, 15) is 18.4 Å². The second kappa shape index (κ2) is 13.3. The number of thioether (sulfide) groups is 1. The van der Waals surface area contributed by atoms with Crippen molar-refractivity contribution >= 4 is 46.2 Å². The molecular formula is C25H23F3N2O5S2. The SMILES string of the molecule is CCSCCOCc1cccc(-c2csc(NC(=O)c3cc(F)c(/C=C(\OC)C(=O)O)c(F)c3)n2)c1F. The Balaban J connectivity index is 1.74. The van der Waals surface area contributed by atoms with Gasteiger partial charge in [-0.15, -0.1) is 11.3 Å². The molecule has 7 nitrogen and oxygen atoms in total. The number of thiazole rings is 1. The number of aliphatic carboxylic acids is 1. The molecule has 0 bridgehead atoms. The Kier molecular flexibility index (Phi) is 10.1. The summed E-state index contributed by atoms with van der Waals surface area (Å²) in [6.07, 6.45) is 0.680. The number of carboxylic acids is 1. The number of ether oxygens (including phenoxy) is 2. The Hall–Kier alpha value is -3.35. The van der Waals surface area contributed by atoms with Crippen LogP contribution in [0.25, 0.3) is 17.3 Å². The highest BCUT2D eigenvalue weighted by Gasteiger charge is 2.19. The third-order valence-corrected chi connectivity index (χ3v) is 6.58. The van der Waals surface area contributed by atoms with Gasteiger partial charge in [-0.2, -0.15) is 11.8 Å². The number of hydrogen-bond donors (Lipinski definition) is 2. The minimum Gasteiger partial charge on any atom is -0.490 e. The van der Waals surface area contributed by atoms with E-state index in [2.05, 4.69) is 15.0 Å². The summed E-state index contributed by atoms with van der Waals surface area (Å²) in [5.74, 6) is -4.05. The van der Waals surface area contributed by atoms with E-state index in [0.29, 0.717) is 18.2 Å². The zero-order valence-electron chi connectivity index (χ0n) is 19.8. The Morgan fingerprint density at radius 3 is 2.59 bits per heavy atom. The summed E-state index contributed by atoms with van der Waals surface area (Å²) in [6, 6.07) is 6.37. The molecule has 3 aromatic rings. The van der Waals surface area contributed by atoms with Crippen molar-refractivity contribution in [3.05, 3.63) is 75.6 Å². The molecule has 12 heteroatoms. The summed E-state index contributed by atoms with van der Waals surface area (Å²) in [4.78, 5) is 27.8. The lowest BCUT2D eigenvalue weighted by atomic mass is 10.1. The summed E-state index contributed by atoms with van der Waals surface area (Å²) in [5, 5.41) is 13.0. The molecule has 0 saturated heterocycles. The van der Waals surface area contributed by atoms with E-state index in [-0.39, 0.29) is 28.6 Å². The average Bonchev–Trinajstić information content (AvgIpc) is 3.32. The van der Waals surface area contributed by atoms with Crippen LogP contribution in [0.1, 0.15) is 28.4 Å². The third kappa shape index (κ3) is 7.34. The van der Waals surface area contributed by atoms with Crippen molar-refractivity contribution in [3.63, 3.8) is 0 Å². The number of hydrogen-bond acceptors (Lipinski definition) is 7. The first-order valence-corrected chi connectivity index (χ1v) is 13.0. The monoisotopic (exact) mass is 552 g/mol. The predicted octanol–water partition coefficient (Wildman–Crippen LogP) is 5.82. The van der Waals surface area contributed by atoms with Gasteiger partial charge < -0.3 is 14.6 Å². The summed E-state index contributed by atoms with van der Waals surface area (Å²) in [6.45, 7) is 2.66. The molecule has 0 radical (unpaired) electrons. The van der Waals surface area contributed by atoms with Crippen molar-refractivity contribution in [2.24, 2.45) is 0 Å². The van der Waals surface area contributed by atoms with Gasteiger partial charge in [0.25, 0.3) is 5.91 Å². The number of carbonyl (C=O) groups excluding carboxylic acids is 1.